The van der Waals surface area contributed by atoms with E-state index in [0.29, 0.717) is 23.6 Å². The van der Waals surface area contributed by atoms with E-state index in [-0.39, 0.29) is 11.5 Å². The highest BCUT2D eigenvalue weighted by atomic mass is 19.4. The van der Waals surface area contributed by atoms with Crippen LogP contribution in [0.15, 0.2) is 36.4 Å². The molecule has 1 unspecified atom stereocenters. The molecule has 2 nitrogen and oxygen atoms in total. The molecule has 0 spiro atoms. The first-order valence-corrected chi connectivity index (χ1v) is 12.3. The molecule has 36 heavy (non-hydrogen) atoms. The molecule has 9 heteroatoms. The number of halogens is 7. The Balaban J connectivity index is 1.64. The van der Waals surface area contributed by atoms with Gasteiger partial charge in [-0.1, -0.05) is 44.7 Å². The summed E-state index contributed by atoms with van der Waals surface area (Å²) in [6.07, 6.45) is -1.95. The van der Waals surface area contributed by atoms with Gasteiger partial charge in [-0.05, 0) is 79.8 Å². The molecule has 1 fully saturated rings. The van der Waals surface area contributed by atoms with Gasteiger partial charge in [-0.2, -0.15) is 8.78 Å². The number of rotatable bonds is 10. The van der Waals surface area contributed by atoms with Gasteiger partial charge in [0.05, 0.1) is 11.7 Å². The summed E-state index contributed by atoms with van der Waals surface area (Å²) in [4.78, 5) is 0. The molecule has 0 N–H and O–H groups in total. The van der Waals surface area contributed by atoms with Gasteiger partial charge in [-0.3, -0.25) is 0 Å². The zero-order valence-corrected chi connectivity index (χ0v) is 20.3. The first-order chi connectivity index (χ1) is 16.9. The second-order valence-corrected chi connectivity index (χ2v) is 9.47. The van der Waals surface area contributed by atoms with Crippen LogP contribution in [0.25, 0.3) is 0 Å². The monoisotopic (exact) mass is 520 g/mol. The molecule has 0 aliphatic heterocycles. The SMILES string of the molecule is CCCCCC1CCC(c2ccc(C(F)(F)OC(C)c3ccc(OC(F)(F)F)c(F)c3)c(F)c2)CC1. The Morgan fingerprint density at radius 2 is 1.58 bits per heavy atom. The summed E-state index contributed by atoms with van der Waals surface area (Å²) in [5, 5.41) is 0. The summed E-state index contributed by atoms with van der Waals surface area (Å²) >= 11 is 0. The van der Waals surface area contributed by atoms with Gasteiger partial charge in [-0.15, -0.1) is 13.2 Å². The summed E-state index contributed by atoms with van der Waals surface area (Å²) < 4.78 is 103. The minimum Gasteiger partial charge on any atom is -0.403 e. The Labute approximate surface area is 206 Å². The molecule has 3 rings (SSSR count). The number of alkyl halides is 5. The van der Waals surface area contributed by atoms with Crippen LogP contribution < -0.4 is 4.74 Å². The Bertz CT molecular complexity index is 998. The lowest BCUT2D eigenvalue weighted by Gasteiger charge is -2.29. The summed E-state index contributed by atoms with van der Waals surface area (Å²) in [6.45, 7) is 3.33. The third-order valence-corrected chi connectivity index (χ3v) is 6.82. The van der Waals surface area contributed by atoms with Crippen molar-refractivity contribution in [1.82, 2.24) is 0 Å². The van der Waals surface area contributed by atoms with Crippen molar-refractivity contribution in [1.29, 1.82) is 0 Å². The first-order valence-electron chi connectivity index (χ1n) is 12.3. The second kappa shape index (κ2) is 11.8. The van der Waals surface area contributed by atoms with Crippen LogP contribution in [-0.4, -0.2) is 6.36 Å². The second-order valence-electron chi connectivity index (χ2n) is 9.47. The number of hydrogen-bond donors (Lipinski definition) is 0. The predicted molar refractivity (Wildman–Crippen MR) is 122 cm³/mol. The van der Waals surface area contributed by atoms with E-state index < -0.39 is 41.5 Å². The Morgan fingerprint density at radius 3 is 2.17 bits per heavy atom. The molecular weight excluding hydrogens is 489 g/mol. The zero-order chi connectivity index (χ0) is 26.5. The highest BCUT2D eigenvalue weighted by molar-refractivity contribution is 5.32. The lowest BCUT2D eigenvalue weighted by Crippen LogP contribution is -2.22. The van der Waals surface area contributed by atoms with Gasteiger partial charge in [-0.25, -0.2) is 8.78 Å². The van der Waals surface area contributed by atoms with Crippen molar-refractivity contribution in [2.75, 3.05) is 0 Å². The molecule has 2 aromatic carbocycles. The largest absolute Gasteiger partial charge is 0.573 e. The third kappa shape index (κ3) is 7.60. The molecule has 0 heterocycles. The van der Waals surface area contributed by atoms with Gasteiger partial charge < -0.3 is 9.47 Å². The molecule has 0 amide bonds. The van der Waals surface area contributed by atoms with E-state index in [4.69, 9.17) is 4.74 Å². The highest BCUT2D eigenvalue weighted by Gasteiger charge is 2.39. The van der Waals surface area contributed by atoms with Gasteiger partial charge in [0.15, 0.2) is 11.6 Å². The van der Waals surface area contributed by atoms with E-state index in [1.807, 2.05) is 0 Å². The van der Waals surface area contributed by atoms with Gasteiger partial charge in [0.1, 0.15) is 5.82 Å². The molecule has 0 bridgehead atoms. The van der Waals surface area contributed by atoms with Gasteiger partial charge >= 0.3 is 12.5 Å². The summed E-state index contributed by atoms with van der Waals surface area (Å²) in [5.74, 6) is -2.81. The summed E-state index contributed by atoms with van der Waals surface area (Å²) in [6, 6.07) is 5.88. The van der Waals surface area contributed by atoms with Crippen LogP contribution in [0.2, 0.25) is 0 Å². The average Bonchev–Trinajstić information content (AvgIpc) is 2.79. The number of unbranched alkanes of at least 4 members (excludes halogenated alkanes) is 2. The maximum atomic E-state index is 14.8. The van der Waals surface area contributed by atoms with Crippen LogP contribution in [0.5, 0.6) is 5.75 Å². The molecule has 0 radical (unpaired) electrons. The Hall–Kier alpha value is -2.29. The smallest absolute Gasteiger partial charge is 0.403 e. The van der Waals surface area contributed by atoms with Crippen molar-refractivity contribution in [3.05, 3.63) is 64.7 Å². The van der Waals surface area contributed by atoms with Crippen molar-refractivity contribution in [3.8, 4) is 5.75 Å². The minimum atomic E-state index is -5.10. The van der Waals surface area contributed by atoms with E-state index in [2.05, 4.69) is 11.7 Å². The molecule has 1 atom stereocenters. The van der Waals surface area contributed by atoms with Crippen molar-refractivity contribution in [2.45, 2.75) is 89.7 Å². The fraction of sp³-hybridized carbons (Fsp3) is 0.556. The quantitative estimate of drug-likeness (QED) is 0.229. The molecular formula is C27H31F7O2. The minimum absolute atomic E-state index is 0.116. The summed E-state index contributed by atoms with van der Waals surface area (Å²) in [5.41, 5.74) is -0.437. The molecule has 1 aliphatic rings. The van der Waals surface area contributed by atoms with Crippen molar-refractivity contribution >= 4 is 0 Å². The van der Waals surface area contributed by atoms with Gasteiger partial charge in [0.25, 0.3) is 0 Å². The van der Waals surface area contributed by atoms with Gasteiger partial charge in [0.2, 0.25) is 0 Å². The zero-order valence-electron chi connectivity index (χ0n) is 20.3. The van der Waals surface area contributed by atoms with Crippen molar-refractivity contribution in [3.63, 3.8) is 0 Å². The van der Waals surface area contributed by atoms with E-state index in [9.17, 15) is 30.7 Å². The topological polar surface area (TPSA) is 18.5 Å². The first kappa shape index (κ1) is 28.3. The van der Waals surface area contributed by atoms with Crippen LogP contribution in [0.1, 0.15) is 93.9 Å². The van der Waals surface area contributed by atoms with E-state index in [0.717, 1.165) is 50.8 Å². The van der Waals surface area contributed by atoms with Crippen molar-refractivity contribution < 1.29 is 40.2 Å². The molecule has 200 valence electrons. The molecule has 2 aromatic rings. The van der Waals surface area contributed by atoms with E-state index in [1.54, 1.807) is 0 Å². The van der Waals surface area contributed by atoms with E-state index in [1.165, 1.54) is 31.7 Å². The molecule has 1 saturated carbocycles. The lowest BCUT2D eigenvalue weighted by atomic mass is 9.77. The molecule has 0 aromatic heterocycles. The maximum absolute atomic E-state index is 14.8. The fourth-order valence-corrected chi connectivity index (χ4v) is 4.82. The summed E-state index contributed by atoms with van der Waals surface area (Å²) in [7, 11) is 0. The lowest BCUT2D eigenvalue weighted by molar-refractivity contribution is -0.275. The Kier molecular flexibility index (Phi) is 9.30. The van der Waals surface area contributed by atoms with Crippen LogP contribution in [0.4, 0.5) is 30.7 Å². The van der Waals surface area contributed by atoms with Crippen LogP contribution in [0.3, 0.4) is 0 Å². The van der Waals surface area contributed by atoms with Gasteiger partial charge in [0, 0.05) is 0 Å². The van der Waals surface area contributed by atoms with E-state index >= 15 is 0 Å². The Morgan fingerprint density at radius 1 is 0.889 bits per heavy atom. The number of ether oxygens (including phenoxy) is 2. The van der Waals surface area contributed by atoms with Crippen LogP contribution in [0, 0.1) is 17.6 Å². The van der Waals surface area contributed by atoms with Crippen molar-refractivity contribution in [2.24, 2.45) is 5.92 Å². The predicted octanol–water partition coefficient (Wildman–Crippen LogP) is 9.54. The standard InChI is InChI=1S/C27H31F7O2/c1-3-4-5-6-18-7-9-19(10-8-18)21-11-13-22(23(28)16-21)26(30,31)35-17(2)20-12-14-25(24(29)15-20)36-27(32,33)34/h11-19H,3-10H2,1-2H3. The molecule has 0 saturated heterocycles. The average molecular weight is 521 g/mol. The number of hydrogen-bond acceptors (Lipinski definition) is 2. The molecule has 1 aliphatic carbocycles. The normalized spacial score (nSPS) is 19.8. The highest BCUT2D eigenvalue weighted by Crippen LogP contribution is 2.41. The van der Waals surface area contributed by atoms with Crippen LogP contribution >= 0.6 is 0 Å². The fourth-order valence-electron chi connectivity index (χ4n) is 4.82. The number of benzene rings is 2. The maximum Gasteiger partial charge on any atom is 0.573 e. The third-order valence-electron chi connectivity index (χ3n) is 6.82. The van der Waals surface area contributed by atoms with Crippen LogP contribution in [-0.2, 0) is 10.8 Å².